The maximum atomic E-state index is 5.58. The molecule has 2 aliphatic rings. The van der Waals surface area contributed by atoms with Crippen molar-refractivity contribution in [3.05, 3.63) is 40.1 Å². The monoisotopic (exact) mass is 326 g/mol. The topological polar surface area (TPSA) is 24.8 Å². The second-order valence-corrected chi connectivity index (χ2v) is 7.01. The van der Waals surface area contributed by atoms with E-state index < -0.39 is 0 Å². The van der Waals surface area contributed by atoms with Crippen LogP contribution in [0.1, 0.15) is 5.56 Å². The lowest BCUT2D eigenvalue weighted by Gasteiger charge is -2.16. The predicted octanol–water partition coefficient (Wildman–Crippen LogP) is 3.64. The molecule has 3 nitrogen and oxygen atoms in total. The van der Waals surface area contributed by atoms with E-state index >= 15 is 0 Å². The smallest absolute Gasteiger partial charge is 0.168 e. The van der Waals surface area contributed by atoms with Crippen LogP contribution in [0.3, 0.4) is 0 Å². The van der Waals surface area contributed by atoms with E-state index in [1.165, 1.54) is 26.3 Å². The van der Waals surface area contributed by atoms with Crippen molar-refractivity contribution in [2.24, 2.45) is 4.99 Å². The van der Waals surface area contributed by atoms with Gasteiger partial charge in [0.25, 0.3) is 0 Å². The van der Waals surface area contributed by atoms with Crippen molar-refractivity contribution in [3.8, 4) is 12.3 Å². The molecule has 0 unspecified atom stereocenters. The van der Waals surface area contributed by atoms with Crippen LogP contribution >= 0.6 is 23.1 Å². The first-order valence-corrected chi connectivity index (χ1v) is 8.79. The van der Waals surface area contributed by atoms with Crippen molar-refractivity contribution in [1.82, 2.24) is 4.90 Å². The average molecular weight is 326 g/mol. The summed E-state index contributed by atoms with van der Waals surface area (Å²) in [6.07, 6.45) is 5.28. The van der Waals surface area contributed by atoms with Crippen LogP contribution in [-0.2, 0) is 4.74 Å². The van der Waals surface area contributed by atoms with Crippen molar-refractivity contribution in [2.75, 3.05) is 26.3 Å². The largest absolute Gasteiger partial charge is 0.363 e. The molecular weight excluding hydrogens is 312 g/mol. The molecule has 0 aliphatic carbocycles. The molecule has 5 heteroatoms. The van der Waals surface area contributed by atoms with Crippen molar-refractivity contribution >= 4 is 44.0 Å². The van der Waals surface area contributed by atoms with E-state index in [9.17, 15) is 0 Å². The van der Waals surface area contributed by atoms with Crippen LogP contribution in [0.4, 0.5) is 0 Å². The molecule has 2 aromatic rings. The Bertz CT molecular complexity index is 829. The lowest BCUT2D eigenvalue weighted by molar-refractivity contribution is 0.197. The summed E-state index contributed by atoms with van der Waals surface area (Å²) in [5.74, 6) is 2.53. The van der Waals surface area contributed by atoms with E-state index in [1.54, 1.807) is 23.1 Å². The van der Waals surface area contributed by atoms with Gasteiger partial charge in [-0.2, -0.15) is 0 Å². The van der Waals surface area contributed by atoms with Crippen LogP contribution in [0.15, 0.2) is 39.5 Å². The number of ether oxygens (including phenoxy) is 1. The lowest BCUT2D eigenvalue weighted by Crippen LogP contribution is -2.20. The molecular formula is C17H14N2OS2. The van der Waals surface area contributed by atoms with E-state index in [0.717, 1.165) is 18.3 Å². The first kappa shape index (κ1) is 13.9. The quantitative estimate of drug-likeness (QED) is 0.633. The summed E-state index contributed by atoms with van der Waals surface area (Å²) >= 11 is 3.50. The Labute approximate surface area is 137 Å². The second-order valence-electron chi connectivity index (χ2n) is 5.03. The number of hydrogen-bond acceptors (Lipinski definition) is 5. The number of nitrogens with zero attached hydrogens (tertiary/aromatic N) is 2. The fraction of sp³-hybridized carbons (Fsp3) is 0.235. The number of thiophene rings is 1. The minimum absolute atomic E-state index is 0.341. The van der Waals surface area contributed by atoms with Gasteiger partial charge in [0.1, 0.15) is 6.61 Å². The number of hydrogen-bond donors (Lipinski definition) is 0. The van der Waals surface area contributed by atoms with Crippen LogP contribution in [0.5, 0.6) is 0 Å². The van der Waals surface area contributed by atoms with Crippen molar-refractivity contribution in [2.45, 2.75) is 0 Å². The Kier molecular flexibility index (Phi) is 3.67. The average Bonchev–Trinajstić information content (AvgIpc) is 3.21. The molecule has 0 amide bonds. The number of fused-ring (bicyclic) bond motifs is 2. The molecule has 1 aromatic carbocycles. The third kappa shape index (κ3) is 2.24. The van der Waals surface area contributed by atoms with Gasteiger partial charge in [-0.05, 0) is 6.07 Å². The predicted molar refractivity (Wildman–Crippen MR) is 95.0 cm³/mol. The molecule has 110 valence electrons. The van der Waals surface area contributed by atoms with Gasteiger partial charge in [0.05, 0.1) is 18.8 Å². The van der Waals surface area contributed by atoms with Crippen LogP contribution < -0.4 is 0 Å². The van der Waals surface area contributed by atoms with Crippen LogP contribution in [0.2, 0.25) is 0 Å². The summed E-state index contributed by atoms with van der Waals surface area (Å²) in [5, 5.41) is 4.62. The zero-order valence-corrected chi connectivity index (χ0v) is 13.5. The highest BCUT2D eigenvalue weighted by Crippen LogP contribution is 2.44. The number of thioether (sulfide) groups is 1. The molecule has 22 heavy (non-hydrogen) atoms. The Morgan fingerprint density at radius 3 is 3.18 bits per heavy atom. The Balaban J connectivity index is 1.79. The van der Waals surface area contributed by atoms with Crippen LogP contribution in [0, 0.1) is 12.3 Å². The van der Waals surface area contributed by atoms with E-state index in [2.05, 4.69) is 45.5 Å². The number of aliphatic imine (C=N–C) groups is 1. The number of benzene rings is 1. The molecule has 1 aromatic heterocycles. The molecule has 2 aliphatic heterocycles. The highest BCUT2D eigenvalue weighted by Gasteiger charge is 2.33. The fourth-order valence-electron chi connectivity index (χ4n) is 2.79. The second kappa shape index (κ2) is 5.81. The molecule has 0 saturated carbocycles. The summed E-state index contributed by atoms with van der Waals surface area (Å²) in [7, 11) is 0. The lowest BCUT2D eigenvalue weighted by atomic mass is 10.1. The normalized spacial score (nSPS) is 17.0. The Hall–Kier alpha value is -1.74. The first-order chi connectivity index (χ1) is 10.9. The zero-order chi connectivity index (χ0) is 14.9. The number of amidine groups is 1. The van der Waals surface area contributed by atoms with E-state index in [4.69, 9.17) is 11.2 Å². The first-order valence-electron chi connectivity index (χ1n) is 7.09. The molecule has 4 rings (SSSR count). The minimum atomic E-state index is 0.341. The van der Waals surface area contributed by atoms with Gasteiger partial charge in [0.2, 0.25) is 0 Å². The van der Waals surface area contributed by atoms with Crippen molar-refractivity contribution in [1.29, 1.82) is 0 Å². The van der Waals surface area contributed by atoms with E-state index in [-0.39, 0.29) is 0 Å². The molecule has 0 radical (unpaired) electrons. The summed E-state index contributed by atoms with van der Waals surface area (Å²) in [6, 6.07) is 8.53. The van der Waals surface area contributed by atoms with Gasteiger partial charge in [0, 0.05) is 32.5 Å². The number of terminal acetylenes is 1. The SMILES string of the molecule is C#CCOCC1=C(c2csc3ccccc23)N2CCN=C2S1. The van der Waals surface area contributed by atoms with Crippen molar-refractivity contribution in [3.63, 3.8) is 0 Å². The third-order valence-electron chi connectivity index (χ3n) is 3.70. The van der Waals surface area contributed by atoms with Gasteiger partial charge >= 0.3 is 0 Å². The van der Waals surface area contributed by atoms with E-state index in [0.29, 0.717) is 13.2 Å². The van der Waals surface area contributed by atoms with Gasteiger partial charge in [-0.15, -0.1) is 17.8 Å². The molecule has 3 heterocycles. The van der Waals surface area contributed by atoms with Gasteiger partial charge in [-0.25, -0.2) is 0 Å². The van der Waals surface area contributed by atoms with Gasteiger partial charge in [0.15, 0.2) is 5.17 Å². The highest BCUT2D eigenvalue weighted by molar-refractivity contribution is 8.17. The summed E-state index contributed by atoms with van der Waals surface area (Å²) in [6.45, 7) is 2.70. The van der Waals surface area contributed by atoms with Crippen LogP contribution in [0.25, 0.3) is 15.8 Å². The zero-order valence-electron chi connectivity index (χ0n) is 11.9. The summed E-state index contributed by atoms with van der Waals surface area (Å²) < 4.78 is 6.89. The minimum Gasteiger partial charge on any atom is -0.363 e. The Morgan fingerprint density at radius 2 is 2.27 bits per heavy atom. The summed E-state index contributed by atoms with van der Waals surface area (Å²) in [4.78, 5) is 8.11. The molecule has 0 N–H and O–H groups in total. The number of rotatable bonds is 4. The van der Waals surface area contributed by atoms with Gasteiger partial charge in [-0.3, -0.25) is 4.99 Å². The molecule has 0 atom stereocenters. The molecule has 0 bridgehead atoms. The van der Waals surface area contributed by atoms with Crippen molar-refractivity contribution < 1.29 is 4.74 Å². The summed E-state index contributed by atoms with van der Waals surface area (Å²) in [5.41, 5.74) is 2.52. The van der Waals surface area contributed by atoms with Gasteiger partial charge in [-0.1, -0.05) is 35.9 Å². The molecule has 0 spiro atoms. The third-order valence-corrected chi connectivity index (χ3v) is 5.76. The highest BCUT2D eigenvalue weighted by atomic mass is 32.2. The van der Waals surface area contributed by atoms with Crippen LogP contribution in [-0.4, -0.2) is 36.4 Å². The fourth-order valence-corrected chi connectivity index (χ4v) is 4.86. The molecule has 0 saturated heterocycles. The Morgan fingerprint density at radius 1 is 1.36 bits per heavy atom. The maximum absolute atomic E-state index is 5.58. The molecule has 0 fully saturated rings. The maximum Gasteiger partial charge on any atom is 0.168 e. The standard InChI is InChI=1S/C17H14N2OS2/c1-2-9-20-10-15-16(19-8-7-18-17(19)22-15)13-11-21-14-6-4-3-5-12(13)14/h1,3-6,11H,7-10H2. The van der Waals surface area contributed by atoms with Gasteiger partial charge < -0.3 is 9.64 Å². The van der Waals surface area contributed by atoms with E-state index in [1.807, 2.05) is 0 Å².